The summed E-state index contributed by atoms with van der Waals surface area (Å²) in [5.41, 5.74) is 3.16. The SMILES string of the molecule is O=C(COc1cccc(C(F)(F)F)c1)NNC(=O)c1ccc(OC(F)F)cc1. The van der Waals surface area contributed by atoms with Crippen LogP contribution >= 0.6 is 0 Å². The zero-order valence-corrected chi connectivity index (χ0v) is 13.9. The second-order valence-corrected chi connectivity index (χ2v) is 5.22. The summed E-state index contributed by atoms with van der Waals surface area (Å²) in [6, 6.07) is 8.61. The fourth-order valence-electron chi connectivity index (χ4n) is 1.93. The number of halogens is 5. The molecule has 0 unspecified atom stereocenters. The van der Waals surface area contributed by atoms with Crippen molar-refractivity contribution in [1.82, 2.24) is 10.9 Å². The maximum atomic E-state index is 12.6. The monoisotopic (exact) mass is 404 g/mol. The molecule has 0 spiro atoms. The third-order valence-corrected chi connectivity index (χ3v) is 3.19. The number of hydrazine groups is 1. The Morgan fingerprint density at radius 2 is 1.64 bits per heavy atom. The number of nitrogens with one attached hydrogen (secondary N) is 2. The van der Waals surface area contributed by atoms with Gasteiger partial charge in [-0.2, -0.15) is 22.0 Å². The van der Waals surface area contributed by atoms with Crippen LogP contribution in [0.2, 0.25) is 0 Å². The van der Waals surface area contributed by atoms with Crippen molar-refractivity contribution < 1.29 is 41.0 Å². The Hall–Kier alpha value is -3.37. The number of rotatable bonds is 6. The third kappa shape index (κ3) is 6.41. The topological polar surface area (TPSA) is 76.7 Å². The average molecular weight is 404 g/mol. The molecule has 0 aliphatic heterocycles. The number of ether oxygens (including phenoxy) is 2. The van der Waals surface area contributed by atoms with Crippen molar-refractivity contribution in [3.8, 4) is 11.5 Å². The van der Waals surface area contributed by atoms with E-state index in [2.05, 4.69) is 4.74 Å². The predicted octanol–water partition coefficient (Wildman–Crippen LogP) is 3.15. The first kappa shape index (κ1) is 20.9. The molecule has 0 saturated carbocycles. The van der Waals surface area contributed by atoms with Gasteiger partial charge in [0, 0.05) is 5.56 Å². The highest BCUT2D eigenvalue weighted by atomic mass is 19.4. The zero-order valence-electron chi connectivity index (χ0n) is 13.9. The summed E-state index contributed by atoms with van der Waals surface area (Å²) in [6.07, 6.45) is -4.55. The van der Waals surface area contributed by atoms with Gasteiger partial charge in [-0.25, -0.2) is 0 Å². The normalized spacial score (nSPS) is 11.1. The van der Waals surface area contributed by atoms with Crippen LogP contribution < -0.4 is 20.3 Å². The Morgan fingerprint density at radius 1 is 0.964 bits per heavy atom. The van der Waals surface area contributed by atoms with E-state index in [4.69, 9.17) is 4.74 Å². The van der Waals surface area contributed by atoms with Gasteiger partial charge in [0.2, 0.25) is 0 Å². The molecule has 2 amide bonds. The second kappa shape index (κ2) is 9.02. The minimum Gasteiger partial charge on any atom is -0.484 e. The van der Waals surface area contributed by atoms with Crippen LogP contribution in [0.5, 0.6) is 11.5 Å². The van der Waals surface area contributed by atoms with Gasteiger partial charge in [0.25, 0.3) is 11.8 Å². The minimum atomic E-state index is -4.55. The molecular weight excluding hydrogens is 391 g/mol. The maximum Gasteiger partial charge on any atom is 0.416 e. The summed E-state index contributed by atoms with van der Waals surface area (Å²) in [6.45, 7) is -3.65. The molecule has 28 heavy (non-hydrogen) atoms. The van der Waals surface area contributed by atoms with Gasteiger partial charge in [-0.1, -0.05) is 6.07 Å². The van der Waals surface area contributed by atoms with Crippen molar-refractivity contribution in [3.63, 3.8) is 0 Å². The van der Waals surface area contributed by atoms with E-state index in [1.165, 1.54) is 18.2 Å². The first-order valence-corrected chi connectivity index (χ1v) is 7.59. The lowest BCUT2D eigenvalue weighted by atomic mass is 10.2. The highest BCUT2D eigenvalue weighted by Crippen LogP contribution is 2.31. The molecule has 0 aromatic heterocycles. The van der Waals surface area contributed by atoms with Gasteiger partial charge in [0.05, 0.1) is 5.56 Å². The molecule has 2 aromatic carbocycles. The van der Waals surface area contributed by atoms with Crippen molar-refractivity contribution in [1.29, 1.82) is 0 Å². The Balaban J connectivity index is 1.81. The van der Waals surface area contributed by atoms with Crippen molar-refractivity contribution in [2.75, 3.05) is 6.61 Å². The quantitative estimate of drug-likeness (QED) is 0.573. The highest BCUT2D eigenvalue weighted by Gasteiger charge is 2.30. The summed E-state index contributed by atoms with van der Waals surface area (Å²) in [5.74, 6) is -1.91. The van der Waals surface area contributed by atoms with E-state index in [0.29, 0.717) is 0 Å². The summed E-state index contributed by atoms with van der Waals surface area (Å²) in [5, 5.41) is 0. The van der Waals surface area contributed by atoms with Gasteiger partial charge in [-0.05, 0) is 42.5 Å². The molecule has 2 N–H and O–H groups in total. The molecule has 2 rings (SSSR count). The van der Waals surface area contributed by atoms with E-state index in [9.17, 15) is 31.5 Å². The van der Waals surface area contributed by atoms with Crippen LogP contribution in [0.4, 0.5) is 22.0 Å². The number of carbonyl (C=O) groups is 2. The van der Waals surface area contributed by atoms with E-state index in [1.54, 1.807) is 0 Å². The minimum absolute atomic E-state index is 0.0423. The molecule has 150 valence electrons. The number of hydrogen-bond acceptors (Lipinski definition) is 4. The van der Waals surface area contributed by atoms with E-state index in [-0.39, 0.29) is 17.1 Å². The predicted molar refractivity (Wildman–Crippen MR) is 85.6 cm³/mol. The molecule has 0 atom stereocenters. The standard InChI is InChI=1S/C17H13F5N2O4/c18-16(19)28-12-6-4-10(5-7-12)15(26)24-23-14(25)9-27-13-3-1-2-11(8-13)17(20,21)22/h1-8,16H,9H2,(H,23,25)(H,24,26). The Bertz CT molecular complexity index is 825. The molecule has 0 bridgehead atoms. The van der Waals surface area contributed by atoms with Gasteiger partial charge >= 0.3 is 12.8 Å². The summed E-state index contributed by atoms with van der Waals surface area (Å²) < 4.78 is 71.0. The van der Waals surface area contributed by atoms with Crippen molar-refractivity contribution in [2.24, 2.45) is 0 Å². The van der Waals surface area contributed by atoms with E-state index in [0.717, 1.165) is 30.3 Å². The van der Waals surface area contributed by atoms with Gasteiger partial charge in [0.1, 0.15) is 11.5 Å². The lowest BCUT2D eigenvalue weighted by Crippen LogP contribution is -2.43. The highest BCUT2D eigenvalue weighted by molar-refractivity contribution is 5.95. The van der Waals surface area contributed by atoms with E-state index >= 15 is 0 Å². The number of hydrogen-bond donors (Lipinski definition) is 2. The molecule has 11 heteroatoms. The van der Waals surface area contributed by atoms with Crippen LogP contribution in [0.3, 0.4) is 0 Å². The lowest BCUT2D eigenvalue weighted by Gasteiger charge is -2.11. The molecule has 0 heterocycles. The fourth-order valence-corrected chi connectivity index (χ4v) is 1.93. The van der Waals surface area contributed by atoms with Crippen molar-refractivity contribution >= 4 is 11.8 Å². The van der Waals surface area contributed by atoms with Crippen LogP contribution in [0.1, 0.15) is 15.9 Å². The summed E-state index contributed by atoms with van der Waals surface area (Å²) in [7, 11) is 0. The Labute approximate surface area is 155 Å². The first-order valence-electron chi connectivity index (χ1n) is 7.59. The summed E-state index contributed by atoms with van der Waals surface area (Å²) in [4.78, 5) is 23.5. The van der Waals surface area contributed by atoms with E-state index in [1.807, 2.05) is 10.9 Å². The van der Waals surface area contributed by atoms with Crippen LogP contribution in [-0.2, 0) is 11.0 Å². The van der Waals surface area contributed by atoms with Crippen LogP contribution in [0.15, 0.2) is 48.5 Å². The zero-order chi connectivity index (χ0) is 20.7. The molecule has 0 aliphatic carbocycles. The Kier molecular flexibility index (Phi) is 6.74. The number of amides is 2. The number of alkyl halides is 5. The van der Waals surface area contributed by atoms with Crippen LogP contribution in [-0.4, -0.2) is 25.0 Å². The fraction of sp³-hybridized carbons (Fsp3) is 0.176. The third-order valence-electron chi connectivity index (χ3n) is 3.19. The number of benzene rings is 2. The smallest absolute Gasteiger partial charge is 0.416 e. The van der Waals surface area contributed by atoms with Crippen molar-refractivity contribution in [3.05, 3.63) is 59.7 Å². The molecular formula is C17H13F5N2O4. The van der Waals surface area contributed by atoms with Gasteiger partial charge < -0.3 is 9.47 Å². The maximum absolute atomic E-state index is 12.6. The van der Waals surface area contributed by atoms with Gasteiger partial charge in [-0.15, -0.1) is 0 Å². The molecule has 0 fully saturated rings. The summed E-state index contributed by atoms with van der Waals surface area (Å²) >= 11 is 0. The average Bonchev–Trinajstić information content (AvgIpc) is 2.64. The van der Waals surface area contributed by atoms with E-state index < -0.39 is 36.8 Å². The van der Waals surface area contributed by atoms with Gasteiger partial charge in [0.15, 0.2) is 6.61 Å². The molecule has 2 aromatic rings. The van der Waals surface area contributed by atoms with Gasteiger partial charge in [-0.3, -0.25) is 20.4 Å². The Morgan fingerprint density at radius 3 is 2.25 bits per heavy atom. The molecule has 0 radical (unpaired) electrons. The second-order valence-electron chi connectivity index (χ2n) is 5.22. The van der Waals surface area contributed by atoms with Crippen LogP contribution in [0, 0.1) is 0 Å². The largest absolute Gasteiger partial charge is 0.484 e. The molecule has 0 aliphatic rings. The lowest BCUT2D eigenvalue weighted by molar-refractivity contribution is -0.137. The van der Waals surface area contributed by atoms with Crippen molar-refractivity contribution in [2.45, 2.75) is 12.8 Å². The molecule has 6 nitrogen and oxygen atoms in total. The van der Waals surface area contributed by atoms with Crippen LogP contribution in [0.25, 0.3) is 0 Å². The molecule has 0 saturated heterocycles. The first-order chi connectivity index (χ1) is 13.1. The number of carbonyl (C=O) groups excluding carboxylic acids is 2.